The number of carboxylic acid groups (broad SMARTS) is 1. The second kappa shape index (κ2) is 6.72. The van der Waals surface area contributed by atoms with E-state index in [0.717, 1.165) is 21.8 Å². The van der Waals surface area contributed by atoms with Crippen molar-refractivity contribution in [3.8, 4) is 0 Å². The average molecular weight is 405 g/mol. The Morgan fingerprint density at radius 3 is 2.70 bits per heavy atom. The fourth-order valence-electron chi connectivity index (χ4n) is 2.48. The molecule has 0 aliphatic heterocycles. The van der Waals surface area contributed by atoms with Gasteiger partial charge in [-0.1, -0.05) is 22.4 Å². The Kier molecular flexibility index (Phi) is 5.21. The summed E-state index contributed by atoms with van der Waals surface area (Å²) in [4.78, 5) is 23.3. The third kappa shape index (κ3) is 3.82. The lowest BCUT2D eigenvalue weighted by atomic mass is 9.85. The first-order chi connectivity index (χ1) is 9.47. The van der Waals surface area contributed by atoms with Gasteiger partial charge in [0.25, 0.3) is 5.91 Å². The highest BCUT2D eigenvalue weighted by molar-refractivity contribution is 9.11. The summed E-state index contributed by atoms with van der Waals surface area (Å²) in [5.74, 6) is -1.29. The number of carbonyl (C=O) groups excluding carboxylic acids is 1. The number of carboxylic acids is 1. The summed E-state index contributed by atoms with van der Waals surface area (Å²) in [6.07, 6.45) is 2.87. The van der Waals surface area contributed by atoms with Crippen LogP contribution in [0.3, 0.4) is 0 Å². The Balaban J connectivity index is 2.04. The highest BCUT2D eigenvalue weighted by Crippen LogP contribution is 2.26. The second-order valence-corrected chi connectivity index (χ2v) is 6.77. The van der Waals surface area contributed by atoms with Gasteiger partial charge in [0.15, 0.2) is 0 Å². The van der Waals surface area contributed by atoms with Gasteiger partial charge in [0, 0.05) is 15.0 Å². The molecule has 0 radical (unpaired) electrons. The predicted molar refractivity (Wildman–Crippen MR) is 82.7 cm³/mol. The highest BCUT2D eigenvalue weighted by atomic mass is 79.9. The molecular formula is C14H15Br2NO3. The van der Waals surface area contributed by atoms with Crippen molar-refractivity contribution in [2.24, 2.45) is 5.92 Å². The van der Waals surface area contributed by atoms with E-state index in [2.05, 4.69) is 37.2 Å². The van der Waals surface area contributed by atoms with E-state index in [-0.39, 0.29) is 17.9 Å². The lowest BCUT2D eigenvalue weighted by molar-refractivity contribution is -0.143. The lowest BCUT2D eigenvalue weighted by Crippen LogP contribution is -2.40. The first-order valence-corrected chi connectivity index (χ1v) is 8.04. The zero-order valence-electron chi connectivity index (χ0n) is 10.7. The van der Waals surface area contributed by atoms with E-state index >= 15 is 0 Å². The number of hydrogen-bond donors (Lipinski definition) is 2. The van der Waals surface area contributed by atoms with Gasteiger partial charge in [-0.2, -0.15) is 0 Å². The molecule has 0 spiro atoms. The van der Waals surface area contributed by atoms with Crippen molar-refractivity contribution in [3.63, 3.8) is 0 Å². The van der Waals surface area contributed by atoms with Gasteiger partial charge in [0.1, 0.15) is 0 Å². The molecule has 20 heavy (non-hydrogen) atoms. The molecule has 1 fully saturated rings. The summed E-state index contributed by atoms with van der Waals surface area (Å²) >= 11 is 6.70. The van der Waals surface area contributed by atoms with Crippen LogP contribution in [0.5, 0.6) is 0 Å². The van der Waals surface area contributed by atoms with E-state index < -0.39 is 5.97 Å². The molecule has 1 saturated carbocycles. The summed E-state index contributed by atoms with van der Waals surface area (Å²) < 4.78 is 1.56. The van der Waals surface area contributed by atoms with Gasteiger partial charge in [0.05, 0.1) is 11.5 Å². The van der Waals surface area contributed by atoms with E-state index in [4.69, 9.17) is 5.11 Å². The topological polar surface area (TPSA) is 66.4 Å². The maximum atomic E-state index is 12.3. The molecule has 4 nitrogen and oxygen atoms in total. The van der Waals surface area contributed by atoms with Crippen molar-refractivity contribution in [3.05, 3.63) is 32.7 Å². The molecule has 0 aromatic heterocycles. The van der Waals surface area contributed by atoms with Crippen LogP contribution in [0.2, 0.25) is 0 Å². The van der Waals surface area contributed by atoms with Crippen molar-refractivity contribution < 1.29 is 14.7 Å². The zero-order chi connectivity index (χ0) is 14.7. The van der Waals surface area contributed by atoms with E-state index in [1.807, 2.05) is 6.07 Å². The quantitative estimate of drug-likeness (QED) is 0.808. The molecule has 1 amide bonds. The molecule has 2 unspecified atom stereocenters. The van der Waals surface area contributed by atoms with Gasteiger partial charge in [-0.05, 0) is 53.4 Å². The molecule has 6 heteroatoms. The van der Waals surface area contributed by atoms with Crippen molar-refractivity contribution in [1.82, 2.24) is 5.32 Å². The van der Waals surface area contributed by atoms with Crippen molar-refractivity contribution >= 4 is 43.7 Å². The highest BCUT2D eigenvalue weighted by Gasteiger charge is 2.28. The number of aliphatic carboxylic acids is 1. The van der Waals surface area contributed by atoms with Crippen molar-refractivity contribution in [2.75, 3.05) is 0 Å². The van der Waals surface area contributed by atoms with Gasteiger partial charge in [0.2, 0.25) is 0 Å². The smallest absolute Gasteiger partial charge is 0.306 e. The summed E-state index contributed by atoms with van der Waals surface area (Å²) in [6, 6.07) is 5.34. The van der Waals surface area contributed by atoms with Crippen LogP contribution in [-0.4, -0.2) is 23.0 Å². The molecule has 0 saturated heterocycles. The second-order valence-electron chi connectivity index (χ2n) is 5.00. The van der Waals surface area contributed by atoms with Crippen LogP contribution in [-0.2, 0) is 4.79 Å². The molecule has 0 bridgehead atoms. The number of halogens is 2. The maximum absolute atomic E-state index is 12.3. The van der Waals surface area contributed by atoms with Crippen LogP contribution < -0.4 is 5.32 Å². The average Bonchev–Trinajstić information content (AvgIpc) is 2.41. The van der Waals surface area contributed by atoms with Crippen LogP contribution in [0.25, 0.3) is 0 Å². The van der Waals surface area contributed by atoms with Crippen LogP contribution in [0, 0.1) is 5.92 Å². The van der Waals surface area contributed by atoms with E-state index in [0.29, 0.717) is 18.4 Å². The zero-order valence-corrected chi connectivity index (χ0v) is 13.9. The van der Waals surface area contributed by atoms with Gasteiger partial charge >= 0.3 is 5.97 Å². The SMILES string of the molecule is O=C(NC1CCCC(C(=O)O)C1)c1cc(Br)ccc1Br. The molecule has 0 heterocycles. The van der Waals surface area contributed by atoms with Gasteiger partial charge in [-0.25, -0.2) is 0 Å². The predicted octanol–water partition coefficient (Wildman–Crippen LogP) is 3.58. The molecule has 1 aliphatic carbocycles. The van der Waals surface area contributed by atoms with Crippen LogP contribution >= 0.6 is 31.9 Å². The Hall–Kier alpha value is -0.880. The minimum atomic E-state index is -0.771. The normalized spacial score (nSPS) is 22.3. The maximum Gasteiger partial charge on any atom is 0.306 e. The molecule has 2 atom stereocenters. The first kappa shape index (κ1) is 15.5. The molecule has 1 aromatic carbocycles. The molecule has 2 N–H and O–H groups in total. The fourth-order valence-corrected chi connectivity index (χ4v) is 3.27. The van der Waals surface area contributed by atoms with E-state index in [1.165, 1.54) is 0 Å². The third-order valence-corrected chi connectivity index (χ3v) is 4.72. The molecule has 2 rings (SSSR count). The summed E-state index contributed by atoms with van der Waals surface area (Å²) in [5.41, 5.74) is 0.553. The standard InChI is InChI=1S/C14H15Br2NO3/c15-9-4-5-12(16)11(7-9)13(18)17-10-3-1-2-8(6-10)14(19)20/h4-5,7-8,10H,1-3,6H2,(H,17,18)(H,19,20). The largest absolute Gasteiger partial charge is 0.481 e. The minimum absolute atomic E-state index is 0.0665. The number of rotatable bonds is 3. The molecule has 108 valence electrons. The number of hydrogen-bond acceptors (Lipinski definition) is 2. The van der Waals surface area contributed by atoms with Crippen molar-refractivity contribution in [1.29, 1.82) is 0 Å². The van der Waals surface area contributed by atoms with Crippen LogP contribution in [0.1, 0.15) is 36.0 Å². The number of nitrogens with one attached hydrogen (secondary N) is 1. The number of carbonyl (C=O) groups is 2. The van der Waals surface area contributed by atoms with Gasteiger partial charge in [-0.15, -0.1) is 0 Å². The Bertz CT molecular complexity index is 533. The van der Waals surface area contributed by atoms with E-state index in [1.54, 1.807) is 12.1 Å². The number of amides is 1. The van der Waals surface area contributed by atoms with Gasteiger partial charge < -0.3 is 10.4 Å². The summed E-state index contributed by atoms with van der Waals surface area (Å²) in [6.45, 7) is 0. The van der Waals surface area contributed by atoms with Gasteiger partial charge in [-0.3, -0.25) is 9.59 Å². The molecular weight excluding hydrogens is 390 g/mol. The summed E-state index contributed by atoms with van der Waals surface area (Å²) in [5, 5.41) is 12.0. The van der Waals surface area contributed by atoms with Crippen LogP contribution in [0.4, 0.5) is 0 Å². The van der Waals surface area contributed by atoms with E-state index in [9.17, 15) is 9.59 Å². The third-order valence-electron chi connectivity index (χ3n) is 3.53. The van der Waals surface area contributed by atoms with Crippen LogP contribution in [0.15, 0.2) is 27.1 Å². The molecule has 1 aromatic rings. The monoisotopic (exact) mass is 403 g/mol. The fraction of sp³-hybridized carbons (Fsp3) is 0.429. The first-order valence-electron chi connectivity index (χ1n) is 6.46. The summed E-state index contributed by atoms with van der Waals surface area (Å²) in [7, 11) is 0. The molecule has 1 aliphatic rings. The Morgan fingerprint density at radius 2 is 2.00 bits per heavy atom. The number of benzene rings is 1. The Morgan fingerprint density at radius 1 is 1.25 bits per heavy atom. The van der Waals surface area contributed by atoms with Crippen molar-refractivity contribution in [2.45, 2.75) is 31.7 Å². The minimum Gasteiger partial charge on any atom is -0.481 e. The Labute approximate surface area is 134 Å². The lowest BCUT2D eigenvalue weighted by Gasteiger charge is -2.27.